The Labute approximate surface area is 506 Å². The zero-order valence-electron chi connectivity index (χ0n) is 43.5. The summed E-state index contributed by atoms with van der Waals surface area (Å²) >= 11 is 5.35. The van der Waals surface area contributed by atoms with Gasteiger partial charge < -0.3 is 87.1 Å². The van der Waals surface area contributed by atoms with Gasteiger partial charge in [0.1, 0.15) is 51.8 Å². The Bertz CT molecular complexity index is 2180. The maximum atomic E-state index is 10.9. The van der Waals surface area contributed by atoms with Crippen LogP contribution in [0.3, 0.4) is 0 Å². The van der Waals surface area contributed by atoms with Crippen LogP contribution in [0.4, 0.5) is 0 Å². The van der Waals surface area contributed by atoms with Gasteiger partial charge >= 0.3 is 82.8 Å². The number of hydrogen-bond acceptors (Lipinski definition) is 24. The maximum Gasteiger partial charge on any atom is 0.470 e. The fourth-order valence-corrected chi connectivity index (χ4v) is 5.31. The van der Waals surface area contributed by atoms with Gasteiger partial charge in [-0.15, -0.1) is 11.6 Å². The molecule has 2 atom stereocenters. The van der Waals surface area contributed by atoms with E-state index in [-0.39, 0.29) is 144 Å². The molecule has 0 aromatic heterocycles. The Kier molecular flexibility index (Phi) is 73.7. The quantitative estimate of drug-likeness (QED) is 0.00987. The van der Waals surface area contributed by atoms with Gasteiger partial charge in [-0.1, -0.05) is 84.0 Å². The lowest BCUT2D eigenvalue weighted by atomic mass is 10.3. The third kappa shape index (κ3) is 96.5. The molecule has 86 heavy (non-hydrogen) atoms. The second kappa shape index (κ2) is 57.6. The molecule has 0 aromatic carbocycles. The van der Waals surface area contributed by atoms with Crippen molar-refractivity contribution in [1.82, 2.24) is 0 Å². The van der Waals surface area contributed by atoms with Crippen LogP contribution in [0, 0.1) is 0 Å². The van der Waals surface area contributed by atoms with Crippen LogP contribution in [0.1, 0.15) is 86.1 Å². The Balaban J connectivity index is -0.0000000754. The van der Waals surface area contributed by atoms with Crippen molar-refractivity contribution in [3.8, 4) is 0 Å². The van der Waals surface area contributed by atoms with Crippen molar-refractivity contribution < 1.29 is 170 Å². The molecule has 0 aliphatic heterocycles. The van der Waals surface area contributed by atoms with Crippen molar-refractivity contribution in [2.45, 2.75) is 98.3 Å². The highest BCUT2D eigenvalue weighted by molar-refractivity contribution is 7.47. The summed E-state index contributed by atoms with van der Waals surface area (Å²) in [5, 5.41) is 0. The molecule has 0 heterocycles. The van der Waals surface area contributed by atoms with Crippen molar-refractivity contribution in [2.24, 2.45) is 0 Å². The number of rotatable bonds is 31. The Morgan fingerprint density at radius 1 is 0.384 bits per heavy atom. The number of hydrogen-bond donors (Lipinski definition) is 12. The highest BCUT2D eigenvalue weighted by atomic mass is 35.5. The molecule has 0 aliphatic carbocycles. The average Bonchev–Trinajstić information content (AvgIpc) is 3.28. The van der Waals surface area contributed by atoms with Crippen LogP contribution in [-0.2, 0) is 112 Å². The largest absolute Gasteiger partial charge is 0.470 e. The molecule has 0 aromatic rings. The molecule has 0 radical (unpaired) electrons. The van der Waals surface area contributed by atoms with E-state index in [2.05, 4.69) is 95.0 Å². The average molecular weight is 1410 g/mol. The zero-order chi connectivity index (χ0) is 64.5. The van der Waals surface area contributed by atoms with Gasteiger partial charge in [-0.05, 0) is 41.5 Å². The SMILES string of the molecule is C.C.C.C.C.C.C=C(C)C(=O)OCC(C)OP(=O)(O)O.C=C(C)C(=O)OCC(CCl)OP(=O)(O)O.C=C(C)C(=O)OCCOP(=O)(O)O.C=C(C)C(=O)OCCOP(=O)(O)O.C=C(C)C(=O)OCCOP(=O)(O)O.C=CC(=O)OCCOP(=O)(O)O. The summed E-state index contributed by atoms with van der Waals surface area (Å²) < 4.78 is 113. The molecule has 516 valence electrons. The molecular weight excluding hydrogens is 1310 g/mol. The number of esters is 6. The highest BCUT2D eigenvalue weighted by Gasteiger charge is 2.24. The van der Waals surface area contributed by atoms with Crippen LogP contribution < -0.4 is 0 Å². The molecule has 0 amide bonds. The molecule has 43 heteroatoms. The Morgan fingerprint density at radius 3 is 0.802 bits per heavy atom. The minimum atomic E-state index is -4.62. The number of carbonyl (C=O) groups is 6. The van der Waals surface area contributed by atoms with E-state index in [0.717, 1.165) is 6.08 Å². The van der Waals surface area contributed by atoms with Gasteiger partial charge in [-0.2, -0.15) is 0 Å². The predicted molar refractivity (Wildman–Crippen MR) is 313 cm³/mol. The lowest BCUT2D eigenvalue weighted by Crippen LogP contribution is -2.23. The predicted octanol–water partition coefficient (Wildman–Crippen LogP) is 5.71. The van der Waals surface area contributed by atoms with Crippen molar-refractivity contribution in [2.75, 3.05) is 71.9 Å². The van der Waals surface area contributed by atoms with Crippen molar-refractivity contribution in [1.29, 1.82) is 0 Å². The second-order valence-electron chi connectivity index (χ2n) is 14.0. The molecule has 0 spiro atoms. The van der Waals surface area contributed by atoms with Crippen molar-refractivity contribution >= 4 is 94.4 Å². The molecule has 0 fully saturated rings. The maximum absolute atomic E-state index is 10.9. The van der Waals surface area contributed by atoms with Gasteiger partial charge in [0, 0.05) is 33.9 Å². The van der Waals surface area contributed by atoms with Crippen LogP contribution in [-0.4, -0.2) is 179 Å². The summed E-state index contributed by atoms with van der Waals surface area (Å²) in [7, 11) is -27.0. The molecular formula is C43H91ClO36P6. The van der Waals surface area contributed by atoms with E-state index in [0.29, 0.717) is 0 Å². The molecule has 36 nitrogen and oxygen atoms in total. The minimum Gasteiger partial charge on any atom is -0.460 e. The van der Waals surface area contributed by atoms with Gasteiger partial charge in [0.2, 0.25) is 0 Å². The number of halogens is 1. The van der Waals surface area contributed by atoms with E-state index >= 15 is 0 Å². The third-order valence-corrected chi connectivity index (χ3v) is 9.48. The molecule has 2 unspecified atom stereocenters. The van der Waals surface area contributed by atoms with E-state index in [9.17, 15) is 56.2 Å². The first kappa shape index (κ1) is 110. The highest BCUT2D eigenvalue weighted by Crippen LogP contribution is 2.39. The minimum absolute atomic E-state index is 0. The molecule has 12 N–H and O–H groups in total. The molecule has 0 bridgehead atoms. The Hall–Kier alpha value is -3.79. The molecule has 0 rings (SSSR count). The first-order valence-corrected chi connectivity index (χ1v) is 30.4. The first-order chi connectivity index (χ1) is 35.9. The van der Waals surface area contributed by atoms with Gasteiger partial charge in [0.05, 0.1) is 32.3 Å². The van der Waals surface area contributed by atoms with Gasteiger partial charge in [0.15, 0.2) is 0 Å². The van der Waals surface area contributed by atoms with Gasteiger partial charge in [0.25, 0.3) is 0 Å². The van der Waals surface area contributed by atoms with E-state index in [4.69, 9.17) is 70.3 Å². The standard InChI is InChI=1S/C7H12ClO6P.C7H13O6P.3C6H11O6P.C5H9O6P.6CH4/c1-5(2)7(9)13-4-6(3-8)14-15(10,11)12;1-5(2)7(8)12-4-6(3)13-14(9,10)11;3*1-5(2)6(7)11-3-4-12-13(8,9)10;1-2-5(6)10-3-4-11-12(7,8)9;;;;;;/h6H,1,3-4H2,2H3,(H2,10,11,12);6H,1,4H2,2-3H3,(H2,9,10,11);3*1,3-4H2,2H3,(H2,8,9,10);2H,1,3-4H2,(H2,7,8,9);6*1H4. The smallest absolute Gasteiger partial charge is 0.460 e. The number of phosphoric ester groups is 6. The van der Waals surface area contributed by atoms with Crippen molar-refractivity contribution in [3.05, 3.63) is 73.4 Å². The molecule has 0 aliphatic rings. The summed E-state index contributed by atoms with van der Waals surface area (Å²) in [6.07, 6.45) is -0.966. The summed E-state index contributed by atoms with van der Waals surface area (Å²) in [5.74, 6) is -4.00. The number of alkyl halides is 1. The van der Waals surface area contributed by atoms with Crippen LogP contribution >= 0.6 is 58.5 Å². The van der Waals surface area contributed by atoms with Crippen LogP contribution in [0.5, 0.6) is 0 Å². The first-order valence-electron chi connectivity index (χ1n) is 20.7. The molecule has 0 saturated carbocycles. The lowest BCUT2D eigenvalue weighted by Gasteiger charge is -2.15. The van der Waals surface area contributed by atoms with Crippen LogP contribution in [0.25, 0.3) is 0 Å². The molecule has 0 saturated heterocycles. The summed E-state index contributed by atoms with van der Waals surface area (Å²) in [4.78, 5) is 164. The topological polar surface area (TPSA) is 558 Å². The van der Waals surface area contributed by atoms with E-state index in [1.807, 2.05) is 0 Å². The summed E-state index contributed by atoms with van der Waals surface area (Å²) in [6.45, 7) is 25.6. The fourth-order valence-electron chi connectivity index (χ4n) is 2.77. The fraction of sp³-hybridized carbons (Fsp3) is 0.581. The third-order valence-electron chi connectivity index (χ3n) is 5.85. The normalized spacial score (nSPS) is 11.0. The number of phosphoric acid groups is 6. The number of carbonyl (C=O) groups excluding carboxylic acids is 6. The van der Waals surface area contributed by atoms with Crippen LogP contribution in [0.15, 0.2) is 73.4 Å². The zero-order valence-corrected chi connectivity index (χ0v) is 49.6. The number of ether oxygens (including phenoxy) is 6. The monoisotopic (exact) mass is 1400 g/mol. The van der Waals surface area contributed by atoms with Gasteiger partial charge in [-0.25, -0.2) is 56.2 Å². The van der Waals surface area contributed by atoms with Crippen LogP contribution in [0.2, 0.25) is 0 Å². The van der Waals surface area contributed by atoms with E-state index in [1.165, 1.54) is 41.5 Å². The van der Waals surface area contributed by atoms with Crippen molar-refractivity contribution in [3.63, 3.8) is 0 Å². The Morgan fingerprint density at radius 2 is 0.605 bits per heavy atom. The van der Waals surface area contributed by atoms with E-state index < -0.39 is 95.0 Å². The van der Waals surface area contributed by atoms with E-state index in [1.54, 1.807) is 0 Å². The summed E-state index contributed by atoms with van der Waals surface area (Å²) in [5.41, 5.74) is 1.05. The summed E-state index contributed by atoms with van der Waals surface area (Å²) in [6, 6.07) is 0. The van der Waals surface area contributed by atoms with Gasteiger partial charge in [-0.3, -0.25) is 27.1 Å². The second-order valence-corrected chi connectivity index (χ2v) is 21.6. The lowest BCUT2D eigenvalue weighted by molar-refractivity contribution is -0.142.